The SMILES string of the molecule is COc1cc(-c2c(C(=O)O)oc(=O)c3nc(Cl)ccc23)cc(OC)c1OC. The maximum absolute atomic E-state index is 12.2. The van der Waals surface area contributed by atoms with Gasteiger partial charge in [-0.15, -0.1) is 0 Å². The highest BCUT2D eigenvalue weighted by Crippen LogP contribution is 2.43. The van der Waals surface area contributed by atoms with Crippen molar-refractivity contribution in [1.29, 1.82) is 0 Å². The van der Waals surface area contributed by atoms with Crippen LogP contribution in [0, 0.1) is 0 Å². The summed E-state index contributed by atoms with van der Waals surface area (Å²) in [5.41, 5.74) is -0.474. The molecule has 2 aromatic heterocycles. The van der Waals surface area contributed by atoms with Gasteiger partial charge in [-0.05, 0) is 29.8 Å². The number of ether oxygens (including phenoxy) is 3. The first-order valence-electron chi connectivity index (χ1n) is 7.58. The van der Waals surface area contributed by atoms with Crippen molar-refractivity contribution in [1.82, 2.24) is 4.98 Å². The van der Waals surface area contributed by atoms with E-state index in [1.165, 1.54) is 33.5 Å². The second-order valence-electron chi connectivity index (χ2n) is 5.34. The van der Waals surface area contributed by atoms with Crippen molar-refractivity contribution < 1.29 is 28.5 Å². The molecule has 1 aromatic carbocycles. The Morgan fingerprint density at radius 1 is 1.11 bits per heavy atom. The minimum atomic E-state index is -1.41. The fourth-order valence-electron chi connectivity index (χ4n) is 2.77. The molecule has 0 saturated heterocycles. The first-order chi connectivity index (χ1) is 12.9. The number of hydrogen-bond donors (Lipinski definition) is 1. The Kier molecular flexibility index (Phi) is 4.91. The predicted octanol–water partition coefficient (Wildman–Crippen LogP) is 3.23. The molecule has 8 nitrogen and oxygen atoms in total. The molecule has 0 atom stereocenters. The second-order valence-corrected chi connectivity index (χ2v) is 5.73. The van der Waals surface area contributed by atoms with Crippen molar-refractivity contribution >= 4 is 28.5 Å². The molecule has 140 valence electrons. The summed E-state index contributed by atoms with van der Waals surface area (Å²) in [6.07, 6.45) is 0. The normalized spacial score (nSPS) is 10.7. The van der Waals surface area contributed by atoms with Gasteiger partial charge >= 0.3 is 11.6 Å². The van der Waals surface area contributed by atoms with E-state index in [1.54, 1.807) is 12.1 Å². The zero-order valence-electron chi connectivity index (χ0n) is 14.5. The van der Waals surface area contributed by atoms with Gasteiger partial charge in [-0.1, -0.05) is 11.6 Å². The van der Waals surface area contributed by atoms with Gasteiger partial charge in [0.05, 0.1) is 21.3 Å². The highest BCUT2D eigenvalue weighted by atomic mass is 35.5. The molecule has 3 aromatic rings. The Bertz CT molecular complexity index is 1080. The standard InChI is InChI=1S/C18H14ClNO7/c1-24-10-6-8(7-11(25-2)15(10)26-3)13-9-4-5-12(19)20-14(9)18(23)27-16(13)17(21)22/h4-7H,1-3H3,(H,21,22). The monoisotopic (exact) mass is 391 g/mol. The molecule has 0 radical (unpaired) electrons. The van der Waals surface area contributed by atoms with Gasteiger partial charge in [0.2, 0.25) is 11.5 Å². The Labute approximate surface area is 157 Å². The predicted molar refractivity (Wildman–Crippen MR) is 97.3 cm³/mol. The van der Waals surface area contributed by atoms with E-state index in [-0.39, 0.29) is 21.6 Å². The van der Waals surface area contributed by atoms with E-state index in [9.17, 15) is 14.7 Å². The third kappa shape index (κ3) is 3.15. The Balaban J connectivity index is 2.47. The van der Waals surface area contributed by atoms with Crippen LogP contribution in [0.1, 0.15) is 10.6 Å². The summed E-state index contributed by atoms with van der Waals surface area (Å²) in [5, 5.41) is 9.90. The number of nitrogens with zero attached hydrogens (tertiary/aromatic N) is 1. The lowest BCUT2D eigenvalue weighted by atomic mass is 9.99. The zero-order valence-corrected chi connectivity index (χ0v) is 15.3. The molecule has 0 unspecified atom stereocenters. The molecule has 0 bridgehead atoms. The van der Waals surface area contributed by atoms with Crippen LogP contribution in [0.3, 0.4) is 0 Å². The van der Waals surface area contributed by atoms with E-state index in [2.05, 4.69) is 4.98 Å². The lowest BCUT2D eigenvalue weighted by Gasteiger charge is -2.15. The molecule has 0 amide bonds. The molecule has 0 fully saturated rings. The quantitative estimate of drug-likeness (QED) is 0.660. The van der Waals surface area contributed by atoms with E-state index in [0.29, 0.717) is 22.8 Å². The molecular weight excluding hydrogens is 378 g/mol. The topological polar surface area (TPSA) is 108 Å². The van der Waals surface area contributed by atoms with E-state index >= 15 is 0 Å². The average Bonchev–Trinajstić information content (AvgIpc) is 2.66. The highest BCUT2D eigenvalue weighted by molar-refractivity contribution is 6.29. The number of pyridine rings is 1. The van der Waals surface area contributed by atoms with Crippen molar-refractivity contribution in [3.05, 3.63) is 45.6 Å². The van der Waals surface area contributed by atoms with Crippen molar-refractivity contribution in [2.75, 3.05) is 21.3 Å². The van der Waals surface area contributed by atoms with E-state index in [4.69, 9.17) is 30.2 Å². The summed E-state index contributed by atoms with van der Waals surface area (Å²) in [4.78, 5) is 27.8. The number of carboxylic acids is 1. The molecule has 0 saturated carbocycles. The first-order valence-corrected chi connectivity index (χ1v) is 7.96. The minimum Gasteiger partial charge on any atom is -0.493 e. The van der Waals surface area contributed by atoms with Crippen molar-refractivity contribution in [2.24, 2.45) is 0 Å². The van der Waals surface area contributed by atoms with Crippen LogP contribution >= 0.6 is 11.6 Å². The maximum atomic E-state index is 12.2. The highest BCUT2D eigenvalue weighted by Gasteiger charge is 2.24. The number of carboxylic acid groups (broad SMARTS) is 1. The van der Waals surface area contributed by atoms with Crippen LogP contribution in [0.4, 0.5) is 0 Å². The first kappa shape index (κ1) is 18.5. The molecule has 0 aliphatic rings. The summed E-state index contributed by atoms with van der Waals surface area (Å²) < 4.78 is 20.9. The van der Waals surface area contributed by atoms with Gasteiger partial charge in [0, 0.05) is 10.9 Å². The van der Waals surface area contributed by atoms with Crippen LogP contribution in [0.5, 0.6) is 17.2 Å². The van der Waals surface area contributed by atoms with Gasteiger partial charge in [0.15, 0.2) is 17.0 Å². The average molecular weight is 392 g/mol. The van der Waals surface area contributed by atoms with Crippen LogP contribution in [0.25, 0.3) is 22.0 Å². The third-order valence-corrected chi connectivity index (χ3v) is 4.10. The molecule has 1 N–H and O–H groups in total. The van der Waals surface area contributed by atoms with Crippen molar-refractivity contribution in [2.45, 2.75) is 0 Å². The van der Waals surface area contributed by atoms with Crippen molar-refractivity contribution in [3.8, 4) is 28.4 Å². The number of hydrogen-bond acceptors (Lipinski definition) is 7. The number of methoxy groups -OCH3 is 3. The van der Waals surface area contributed by atoms with Gasteiger partial charge in [-0.25, -0.2) is 14.6 Å². The van der Waals surface area contributed by atoms with E-state index in [1.807, 2.05) is 0 Å². The van der Waals surface area contributed by atoms with Crippen molar-refractivity contribution in [3.63, 3.8) is 0 Å². The number of fused-ring (bicyclic) bond motifs is 1. The lowest BCUT2D eigenvalue weighted by Crippen LogP contribution is -2.11. The zero-order chi connectivity index (χ0) is 19.7. The minimum absolute atomic E-state index is 0.0775. The number of benzene rings is 1. The summed E-state index contributed by atoms with van der Waals surface area (Å²) in [6.45, 7) is 0. The van der Waals surface area contributed by atoms with E-state index in [0.717, 1.165) is 0 Å². The second kappa shape index (κ2) is 7.16. The summed E-state index contributed by atoms with van der Waals surface area (Å²) >= 11 is 5.86. The number of aromatic carboxylic acids is 1. The van der Waals surface area contributed by atoms with Gasteiger partial charge in [-0.3, -0.25) is 0 Å². The smallest absolute Gasteiger partial charge is 0.372 e. The largest absolute Gasteiger partial charge is 0.493 e. The Morgan fingerprint density at radius 3 is 2.26 bits per heavy atom. The molecule has 2 heterocycles. The number of aromatic nitrogens is 1. The molecule has 27 heavy (non-hydrogen) atoms. The fraction of sp³-hybridized carbons (Fsp3) is 0.167. The summed E-state index contributed by atoms with van der Waals surface area (Å²) in [5.74, 6) is -0.990. The number of rotatable bonds is 5. The van der Waals surface area contributed by atoms with Crippen LogP contribution in [-0.4, -0.2) is 37.4 Å². The van der Waals surface area contributed by atoms with Crippen LogP contribution in [-0.2, 0) is 0 Å². The van der Waals surface area contributed by atoms with Crippen LogP contribution in [0.15, 0.2) is 33.5 Å². The van der Waals surface area contributed by atoms with Gasteiger partial charge in [0.25, 0.3) is 0 Å². The third-order valence-electron chi connectivity index (χ3n) is 3.89. The number of halogens is 1. The van der Waals surface area contributed by atoms with Gasteiger partial charge in [0.1, 0.15) is 5.15 Å². The summed E-state index contributed by atoms with van der Waals surface area (Å²) in [7, 11) is 4.32. The Hall–Kier alpha value is -3.26. The molecule has 0 spiro atoms. The summed E-state index contributed by atoms with van der Waals surface area (Å²) in [6, 6.07) is 6.07. The van der Waals surface area contributed by atoms with Crippen LogP contribution in [0.2, 0.25) is 5.15 Å². The van der Waals surface area contributed by atoms with Gasteiger partial charge in [-0.2, -0.15) is 0 Å². The van der Waals surface area contributed by atoms with E-state index < -0.39 is 17.4 Å². The molecular formula is C18H14ClNO7. The Morgan fingerprint density at radius 2 is 1.74 bits per heavy atom. The molecule has 0 aliphatic heterocycles. The van der Waals surface area contributed by atoms with Crippen LogP contribution < -0.4 is 19.8 Å². The maximum Gasteiger partial charge on any atom is 0.372 e. The molecule has 9 heteroatoms. The number of carbonyl (C=O) groups is 1. The molecule has 0 aliphatic carbocycles. The van der Waals surface area contributed by atoms with Gasteiger partial charge < -0.3 is 23.7 Å². The molecule has 3 rings (SSSR count). The lowest BCUT2D eigenvalue weighted by molar-refractivity contribution is 0.0659. The fourth-order valence-corrected chi connectivity index (χ4v) is 2.92.